The largest absolute Gasteiger partial charge is 0.478 e. The summed E-state index contributed by atoms with van der Waals surface area (Å²) in [6.07, 6.45) is 3.39. The van der Waals surface area contributed by atoms with Crippen molar-refractivity contribution >= 4 is 22.8 Å². The molecule has 4 rings (SSSR count). The average molecular weight is 377 g/mol. The van der Waals surface area contributed by atoms with E-state index in [1.807, 2.05) is 24.3 Å². The Kier molecular flexibility index (Phi) is 4.96. The zero-order valence-corrected chi connectivity index (χ0v) is 15.8. The van der Waals surface area contributed by atoms with Crippen LogP contribution >= 0.6 is 0 Å². The SMILES string of the molecule is C[C@H]1CCCCN1c1nc2cc(C(=O)O)ccc2nc1-c1ccc(CO)cc1. The lowest BCUT2D eigenvalue weighted by Crippen LogP contribution is -2.38. The van der Waals surface area contributed by atoms with Gasteiger partial charge < -0.3 is 15.1 Å². The highest BCUT2D eigenvalue weighted by Crippen LogP contribution is 2.33. The van der Waals surface area contributed by atoms with Gasteiger partial charge >= 0.3 is 5.97 Å². The van der Waals surface area contributed by atoms with Crippen molar-refractivity contribution in [2.45, 2.75) is 38.8 Å². The molecular weight excluding hydrogens is 354 g/mol. The number of hydrogen-bond donors (Lipinski definition) is 2. The summed E-state index contributed by atoms with van der Waals surface area (Å²) in [5.41, 5.74) is 4.02. The quantitative estimate of drug-likeness (QED) is 0.718. The molecule has 2 N–H and O–H groups in total. The number of aliphatic hydroxyl groups is 1. The number of fused-ring (bicyclic) bond motifs is 1. The number of aliphatic hydroxyl groups excluding tert-OH is 1. The average Bonchev–Trinajstić information content (AvgIpc) is 2.73. The molecule has 144 valence electrons. The molecule has 0 bridgehead atoms. The Balaban J connectivity index is 1.90. The van der Waals surface area contributed by atoms with Gasteiger partial charge in [-0.3, -0.25) is 0 Å². The zero-order valence-electron chi connectivity index (χ0n) is 15.8. The van der Waals surface area contributed by atoms with Gasteiger partial charge in [0, 0.05) is 18.2 Å². The first kappa shape index (κ1) is 18.4. The number of benzene rings is 2. The fourth-order valence-electron chi connectivity index (χ4n) is 3.75. The molecule has 1 atom stereocenters. The van der Waals surface area contributed by atoms with E-state index in [-0.39, 0.29) is 12.2 Å². The first-order chi connectivity index (χ1) is 13.6. The van der Waals surface area contributed by atoms with E-state index in [0.29, 0.717) is 17.1 Å². The maximum Gasteiger partial charge on any atom is 0.335 e. The monoisotopic (exact) mass is 377 g/mol. The van der Waals surface area contributed by atoms with Crippen LogP contribution in [-0.4, -0.2) is 38.7 Å². The second-order valence-corrected chi connectivity index (χ2v) is 7.30. The third kappa shape index (κ3) is 3.43. The third-order valence-electron chi connectivity index (χ3n) is 5.38. The molecule has 0 spiro atoms. The first-order valence-electron chi connectivity index (χ1n) is 9.58. The van der Waals surface area contributed by atoms with Crippen molar-refractivity contribution in [2.75, 3.05) is 11.4 Å². The van der Waals surface area contributed by atoms with Gasteiger partial charge in [0.15, 0.2) is 5.82 Å². The number of piperidine rings is 1. The van der Waals surface area contributed by atoms with Crippen LogP contribution in [0.15, 0.2) is 42.5 Å². The van der Waals surface area contributed by atoms with E-state index in [1.54, 1.807) is 18.2 Å². The molecule has 2 aromatic carbocycles. The topological polar surface area (TPSA) is 86.6 Å². The molecule has 0 saturated carbocycles. The summed E-state index contributed by atoms with van der Waals surface area (Å²) in [5, 5.41) is 18.6. The van der Waals surface area contributed by atoms with Crippen LogP contribution in [-0.2, 0) is 6.61 Å². The molecule has 0 radical (unpaired) electrons. The van der Waals surface area contributed by atoms with E-state index in [4.69, 9.17) is 9.97 Å². The van der Waals surface area contributed by atoms with Crippen LogP contribution < -0.4 is 4.90 Å². The molecular formula is C22H23N3O3. The van der Waals surface area contributed by atoms with E-state index in [0.717, 1.165) is 42.0 Å². The number of hydrogen-bond acceptors (Lipinski definition) is 5. The van der Waals surface area contributed by atoms with Gasteiger partial charge in [-0.25, -0.2) is 14.8 Å². The predicted octanol–water partition coefficient (Wildman–Crippen LogP) is 3.87. The van der Waals surface area contributed by atoms with Crippen molar-refractivity contribution in [1.29, 1.82) is 0 Å². The van der Waals surface area contributed by atoms with Gasteiger partial charge in [-0.15, -0.1) is 0 Å². The van der Waals surface area contributed by atoms with Gasteiger partial charge in [-0.1, -0.05) is 24.3 Å². The summed E-state index contributed by atoms with van der Waals surface area (Å²) < 4.78 is 0. The van der Waals surface area contributed by atoms with Gasteiger partial charge in [0.2, 0.25) is 0 Å². The molecule has 0 unspecified atom stereocenters. The van der Waals surface area contributed by atoms with Crippen molar-refractivity contribution in [1.82, 2.24) is 9.97 Å². The summed E-state index contributed by atoms with van der Waals surface area (Å²) in [6.45, 7) is 3.09. The van der Waals surface area contributed by atoms with Crippen molar-refractivity contribution in [3.05, 3.63) is 53.6 Å². The number of anilines is 1. The van der Waals surface area contributed by atoms with E-state index < -0.39 is 5.97 Å². The van der Waals surface area contributed by atoms with Crippen molar-refractivity contribution in [2.24, 2.45) is 0 Å². The fourth-order valence-corrected chi connectivity index (χ4v) is 3.75. The number of carbonyl (C=O) groups is 1. The highest BCUT2D eigenvalue weighted by Gasteiger charge is 2.24. The molecule has 0 amide bonds. The molecule has 6 nitrogen and oxygen atoms in total. The summed E-state index contributed by atoms with van der Waals surface area (Å²) in [6, 6.07) is 12.9. The smallest absolute Gasteiger partial charge is 0.335 e. The van der Waals surface area contributed by atoms with Crippen LogP contribution in [0.1, 0.15) is 42.1 Å². The van der Waals surface area contributed by atoms with Gasteiger partial charge in [-0.2, -0.15) is 0 Å². The Morgan fingerprint density at radius 3 is 2.57 bits per heavy atom. The van der Waals surface area contributed by atoms with Crippen LogP contribution in [0.2, 0.25) is 0 Å². The molecule has 2 heterocycles. The second kappa shape index (κ2) is 7.56. The minimum Gasteiger partial charge on any atom is -0.478 e. The maximum atomic E-state index is 11.4. The van der Waals surface area contributed by atoms with Crippen molar-refractivity contribution in [3.8, 4) is 11.3 Å². The number of nitrogens with zero attached hydrogens (tertiary/aromatic N) is 3. The fraction of sp³-hybridized carbons (Fsp3) is 0.318. The van der Waals surface area contributed by atoms with Crippen LogP contribution in [0.4, 0.5) is 5.82 Å². The standard InChI is InChI=1S/C22H23N3O3/c1-14-4-2-3-11-25(14)21-20(16-7-5-15(13-26)6-8-16)23-18-10-9-17(22(27)28)12-19(18)24-21/h5-10,12,14,26H,2-4,11,13H2,1H3,(H,27,28)/t14-/m0/s1. The normalized spacial score (nSPS) is 17.1. The Morgan fingerprint density at radius 2 is 1.89 bits per heavy atom. The Morgan fingerprint density at radius 1 is 1.11 bits per heavy atom. The number of aromatic carboxylic acids is 1. The van der Waals surface area contributed by atoms with Gasteiger partial charge in [-0.05, 0) is 49.9 Å². The van der Waals surface area contributed by atoms with Crippen molar-refractivity contribution in [3.63, 3.8) is 0 Å². The maximum absolute atomic E-state index is 11.4. The van der Waals surface area contributed by atoms with E-state index in [1.165, 1.54) is 6.42 Å². The lowest BCUT2D eigenvalue weighted by molar-refractivity contribution is 0.0697. The van der Waals surface area contributed by atoms with Crippen molar-refractivity contribution < 1.29 is 15.0 Å². The molecule has 1 aromatic heterocycles. The zero-order chi connectivity index (χ0) is 19.7. The molecule has 28 heavy (non-hydrogen) atoms. The number of carboxylic acids is 1. The molecule has 6 heteroatoms. The van der Waals surface area contributed by atoms with Gasteiger partial charge in [0.1, 0.15) is 5.69 Å². The lowest BCUT2D eigenvalue weighted by Gasteiger charge is -2.35. The molecule has 1 aliphatic rings. The van der Waals surface area contributed by atoms with Crippen LogP contribution in [0.5, 0.6) is 0 Å². The lowest BCUT2D eigenvalue weighted by atomic mass is 10.0. The van der Waals surface area contributed by atoms with Crippen LogP contribution in [0.3, 0.4) is 0 Å². The summed E-state index contributed by atoms with van der Waals surface area (Å²) in [7, 11) is 0. The first-order valence-corrected chi connectivity index (χ1v) is 9.58. The molecule has 1 fully saturated rings. The number of carboxylic acid groups (broad SMARTS) is 1. The van der Waals surface area contributed by atoms with Gasteiger partial charge in [0.25, 0.3) is 0 Å². The molecule has 0 aliphatic carbocycles. The molecule has 1 saturated heterocycles. The minimum absolute atomic E-state index is 0.00232. The predicted molar refractivity (Wildman–Crippen MR) is 109 cm³/mol. The molecule has 1 aliphatic heterocycles. The van der Waals surface area contributed by atoms with E-state index in [2.05, 4.69) is 11.8 Å². The van der Waals surface area contributed by atoms with Gasteiger partial charge in [0.05, 0.1) is 23.2 Å². The van der Waals surface area contributed by atoms with E-state index >= 15 is 0 Å². The number of rotatable bonds is 4. The summed E-state index contributed by atoms with van der Waals surface area (Å²) in [5.74, 6) is -0.181. The summed E-state index contributed by atoms with van der Waals surface area (Å²) >= 11 is 0. The van der Waals surface area contributed by atoms with Crippen LogP contribution in [0.25, 0.3) is 22.3 Å². The highest BCUT2D eigenvalue weighted by molar-refractivity contribution is 5.93. The summed E-state index contributed by atoms with van der Waals surface area (Å²) in [4.78, 5) is 23.3. The minimum atomic E-state index is -0.972. The highest BCUT2D eigenvalue weighted by atomic mass is 16.4. The second-order valence-electron chi connectivity index (χ2n) is 7.30. The Bertz CT molecular complexity index is 1020. The molecule has 3 aromatic rings. The van der Waals surface area contributed by atoms with E-state index in [9.17, 15) is 15.0 Å². The Labute approximate surface area is 163 Å². The van der Waals surface area contributed by atoms with Crippen LogP contribution in [0, 0.1) is 0 Å². The Hall–Kier alpha value is -2.99. The number of aromatic nitrogens is 2. The third-order valence-corrected chi connectivity index (χ3v) is 5.38.